The van der Waals surface area contributed by atoms with Gasteiger partial charge in [0.15, 0.2) is 0 Å². The molecule has 1 amide bonds. The van der Waals surface area contributed by atoms with Gasteiger partial charge in [0.25, 0.3) is 0 Å². The molecule has 3 N–H and O–H groups in total. The van der Waals surface area contributed by atoms with E-state index in [1.165, 1.54) is 0 Å². The molecular weight excluding hydrogens is 269 g/mol. The first-order valence-corrected chi connectivity index (χ1v) is 7.50. The standard InChI is InChI=1S/C16H24FN3O/c1-3-7-19-10-12-4-5-14(13(17)9-12)20-8-6-16(2,11-20)15(18)21/h4-5,9,19H,3,6-8,10-11H2,1-2H3,(H2,18,21). The molecule has 1 unspecified atom stereocenters. The molecule has 4 nitrogen and oxygen atoms in total. The third-order valence-electron chi connectivity index (χ3n) is 4.18. The summed E-state index contributed by atoms with van der Waals surface area (Å²) in [4.78, 5) is 13.4. The van der Waals surface area contributed by atoms with Crippen molar-refractivity contribution in [3.05, 3.63) is 29.6 Å². The van der Waals surface area contributed by atoms with Crippen LogP contribution in [0.2, 0.25) is 0 Å². The lowest BCUT2D eigenvalue weighted by molar-refractivity contribution is -0.125. The van der Waals surface area contributed by atoms with Crippen molar-refractivity contribution in [3.8, 4) is 0 Å². The number of halogens is 1. The maximum Gasteiger partial charge on any atom is 0.225 e. The van der Waals surface area contributed by atoms with Crippen LogP contribution in [0.15, 0.2) is 18.2 Å². The van der Waals surface area contributed by atoms with E-state index in [-0.39, 0.29) is 11.7 Å². The first-order valence-electron chi connectivity index (χ1n) is 7.50. The number of nitrogens with one attached hydrogen (secondary N) is 1. The summed E-state index contributed by atoms with van der Waals surface area (Å²) >= 11 is 0. The minimum atomic E-state index is -0.562. The zero-order valence-corrected chi connectivity index (χ0v) is 12.8. The number of nitrogens with two attached hydrogens (primary N) is 1. The Labute approximate surface area is 125 Å². The fraction of sp³-hybridized carbons (Fsp3) is 0.562. The number of rotatable bonds is 6. The highest BCUT2D eigenvalue weighted by Gasteiger charge is 2.39. The number of nitrogens with zero attached hydrogens (tertiary/aromatic N) is 1. The second kappa shape index (κ2) is 6.43. The van der Waals surface area contributed by atoms with Crippen LogP contribution in [-0.4, -0.2) is 25.5 Å². The summed E-state index contributed by atoms with van der Waals surface area (Å²) in [5, 5.41) is 3.25. The highest BCUT2D eigenvalue weighted by atomic mass is 19.1. The molecule has 116 valence electrons. The number of benzene rings is 1. The van der Waals surface area contributed by atoms with Crippen molar-refractivity contribution in [3.63, 3.8) is 0 Å². The summed E-state index contributed by atoms with van der Waals surface area (Å²) in [5.41, 5.74) is 6.36. The molecule has 1 heterocycles. The molecule has 0 bridgehead atoms. The molecular formula is C16H24FN3O. The van der Waals surface area contributed by atoms with Gasteiger partial charge in [-0.05, 0) is 44.0 Å². The first kappa shape index (κ1) is 15.8. The number of carbonyl (C=O) groups excluding carboxylic acids is 1. The van der Waals surface area contributed by atoms with Crippen molar-refractivity contribution >= 4 is 11.6 Å². The fourth-order valence-electron chi connectivity index (χ4n) is 2.69. The highest BCUT2D eigenvalue weighted by Crippen LogP contribution is 2.34. The maximum absolute atomic E-state index is 14.3. The zero-order chi connectivity index (χ0) is 15.5. The Hall–Kier alpha value is -1.62. The van der Waals surface area contributed by atoms with Crippen molar-refractivity contribution in [2.75, 3.05) is 24.5 Å². The Morgan fingerprint density at radius 3 is 2.86 bits per heavy atom. The lowest BCUT2D eigenvalue weighted by Crippen LogP contribution is -2.37. The van der Waals surface area contributed by atoms with Gasteiger partial charge in [-0.3, -0.25) is 4.79 Å². The molecule has 1 aromatic carbocycles. The van der Waals surface area contributed by atoms with Gasteiger partial charge in [0.2, 0.25) is 5.91 Å². The summed E-state index contributed by atoms with van der Waals surface area (Å²) in [6.07, 6.45) is 1.72. The van der Waals surface area contributed by atoms with Crippen molar-refractivity contribution in [1.29, 1.82) is 0 Å². The largest absolute Gasteiger partial charge is 0.369 e. The number of hydrogen-bond acceptors (Lipinski definition) is 3. The van der Waals surface area contributed by atoms with Crippen molar-refractivity contribution in [1.82, 2.24) is 5.32 Å². The third kappa shape index (κ3) is 3.53. The van der Waals surface area contributed by atoms with Crippen molar-refractivity contribution in [2.45, 2.75) is 33.2 Å². The third-order valence-corrected chi connectivity index (χ3v) is 4.18. The minimum absolute atomic E-state index is 0.237. The van der Waals surface area contributed by atoms with Gasteiger partial charge in [-0.15, -0.1) is 0 Å². The molecule has 1 aliphatic heterocycles. The molecule has 5 heteroatoms. The van der Waals surface area contributed by atoms with Crippen molar-refractivity contribution < 1.29 is 9.18 Å². The fourth-order valence-corrected chi connectivity index (χ4v) is 2.69. The Kier molecular flexibility index (Phi) is 4.83. The van der Waals surface area contributed by atoms with E-state index in [9.17, 15) is 9.18 Å². The number of anilines is 1. The van der Waals surface area contributed by atoms with E-state index in [1.54, 1.807) is 12.1 Å². The second-order valence-corrected chi connectivity index (χ2v) is 6.06. The van der Waals surface area contributed by atoms with E-state index in [0.29, 0.717) is 31.7 Å². The number of amides is 1. The van der Waals surface area contributed by atoms with Crippen LogP contribution >= 0.6 is 0 Å². The molecule has 0 aromatic heterocycles. The SMILES string of the molecule is CCCNCc1ccc(N2CCC(C)(C(N)=O)C2)c(F)c1. The number of carbonyl (C=O) groups is 1. The van der Waals surface area contributed by atoms with Gasteiger partial charge < -0.3 is 16.0 Å². The quantitative estimate of drug-likeness (QED) is 0.789. The van der Waals surface area contributed by atoms with Crippen LogP contribution in [0, 0.1) is 11.2 Å². The molecule has 1 saturated heterocycles. The van der Waals surface area contributed by atoms with Crippen LogP contribution in [-0.2, 0) is 11.3 Å². The monoisotopic (exact) mass is 293 g/mol. The number of primary amides is 1. The molecule has 0 radical (unpaired) electrons. The van der Waals surface area contributed by atoms with Gasteiger partial charge in [-0.1, -0.05) is 13.0 Å². The molecule has 0 saturated carbocycles. The van der Waals surface area contributed by atoms with Crippen LogP contribution in [0.1, 0.15) is 32.3 Å². The Morgan fingerprint density at radius 2 is 2.29 bits per heavy atom. The van der Waals surface area contributed by atoms with E-state index >= 15 is 0 Å². The Morgan fingerprint density at radius 1 is 1.52 bits per heavy atom. The molecule has 0 spiro atoms. The first-order chi connectivity index (χ1) is 9.96. The highest BCUT2D eigenvalue weighted by molar-refractivity contribution is 5.82. The molecule has 2 rings (SSSR count). The smallest absolute Gasteiger partial charge is 0.225 e. The van der Waals surface area contributed by atoms with Gasteiger partial charge >= 0.3 is 0 Å². The zero-order valence-electron chi connectivity index (χ0n) is 12.8. The predicted molar refractivity (Wildman–Crippen MR) is 82.5 cm³/mol. The van der Waals surface area contributed by atoms with Crippen LogP contribution in [0.3, 0.4) is 0 Å². The van der Waals surface area contributed by atoms with Crippen LogP contribution in [0.4, 0.5) is 10.1 Å². The van der Waals surface area contributed by atoms with E-state index in [4.69, 9.17) is 5.73 Å². The van der Waals surface area contributed by atoms with E-state index in [2.05, 4.69) is 12.2 Å². The maximum atomic E-state index is 14.3. The van der Waals surface area contributed by atoms with Crippen LogP contribution in [0.25, 0.3) is 0 Å². The normalized spacial score (nSPS) is 21.8. The average molecular weight is 293 g/mol. The van der Waals surface area contributed by atoms with Gasteiger partial charge in [0.05, 0.1) is 11.1 Å². The van der Waals surface area contributed by atoms with E-state index in [0.717, 1.165) is 18.5 Å². The summed E-state index contributed by atoms with van der Waals surface area (Å²) in [6, 6.07) is 5.30. The molecule has 1 fully saturated rings. The second-order valence-electron chi connectivity index (χ2n) is 6.06. The lowest BCUT2D eigenvalue weighted by atomic mass is 9.89. The molecule has 1 aromatic rings. The van der Waals surface area contributed by atoms with Crippen LogP contribution < -0.4 is 16.0 Å². The topological polar surface area (TPSA) is 58.4 Å². The summed E-state index contributed by atoms with van der Waals surface area (Å²) in [6.45, 7) is 6.67. The minimum Gasteiger partial charge on any atom is -0.369 e. The number of hydrogen-bond donors (Lipinski definition) is 2. The summed E-state index contributed by atoms with van der Waals surface area (Å²) in [5.74, 6) is -0.551. The van der Waals surface area contributed by atoms with Crippen LogP contribution in [0.5, 0.6) is 0 Å². The molecule has 0 aliphatic carbocycles. The summed E-state index contributed by atoms with van der Waals surface area (Å²) in [7, 11) is 0. The predicted octanol–water partition coefficient (Wildman–Crippen LogP) is 2.03. The van der Waals surface area contributed by atoms with Gasteiger partial charge in [-0.2, -0.15) is 0 Å². The van der Waals surface area contributed by atoms with Gasteiger partial charge in [-0.25, -0.2) is 4.39 Å². The van der Waals surface area contributed by atoms with E-state index < -0.39 is 5.41 Å². The Balaban J connectivity index is 2.06. The molecule has 21 heavy (non-hydrogen) atoms. The van der Waals surface area contributed by atoms with E-state index in [1.807, 2.05) is 17.9 Å². The van der Waals surface area contributed by atoms with Gasteiger partial charge in [0, 0.05) is 19.6 Å². The summed E-state index contributed by atoms with van der Waals surface area (Å²) < 4.78 is 14.3. The Bertz CT molecular complexity index is 520. The average Bonchev–Trinajstić information content (AvgIpc) is 2.83. The van der Waals surface area contributed by atoms with Crippen molar-refractivity contribution in [2.24, 2.45) is 11.1 Å². The van der Waals surface area contributed by atoms with Gasteiger partial charge in [0.1, 0.15) is 5.82 Å². The molecule has 1 aliphatic rings. The lowest BCUT2D eigenvalue weighted by Gasteiger charge is -2.23. The molecule has 1 atom stereocenters.